The van der Waals surface area contributed by atoms with E-state index in [9.17, 15) is 5.11 Å². The molecule has 16 heavy (non-hydrogen) atoms. The summed E-state index contributed by atoms with van der Waals surface area (Å²) < 4.78 is 1.11. The van der Waals surface area contributed by atoms with Crippen molar-refractivity contribution in [3.8, 4) is 0 Å². The Hall–Kier alpha value is -0.800. The fraction of sp³-hybridized carbons (Fsp3) is 0.385. The maximum absolute atomic E-state index is 9.75. The highest BCUT2D eigenvalue weighted by atomic mass is 79.9. The number of aromatic nitrogens is 1. The quantitative estimate of drug-likeness (QED) is 0.764. The average molecular weight is 280 g/mol. The molecule has 1 aromatic carbocycles. The first-order valence-corrected chi connectivity index (χ1v) is 6.42. The van der Waals surface area contributed by atoms with Crippen molar-refractivity contribution in [1.29, 1.82) is 0 Å². The molecule has 1 aliphatic carbocycles. The Kier molecular flexibility index (Phi) is 2.33. The molecule has 84 valence electrons. The molecule has 0 bridgehead atoms. The summed E-state index contributed by atoms with van der Waals surface area (Å²) in [7, 11) is 0. The Morgan fingerprint density at radius 3 is 3.06 bits per heavy atom. The minimum atomic E-state index is -0.175. The first kappa shape index (κ1) is 10.4. The molecule has 0 amide bonds. The van der Waals surface area contributed by atoms with Crippen LogP contribution in [0.3, 0.4) is 0 Å². The standard InChI is InChI=1S/C13H14BrNO/c1-7-4-8(14)5-11-10-6-9(16)2-3-12(10)15-13(7)11/h4-5,9,15-16H,2-3,6H2,1H3. The zero-order valence-corrected chi connectivity index (χ0v) is 10.8. The number of aryl methyl sites for hydroxylation is 2. The molecule has 1 heterocycles. The molecule has 2 aromatic rings. The van der Waals surface area contributed by atoms with E-state index in [1.165, 1.54) is 27.7 Å². The second kappa shape index (κ2) is 3.60. The Bertz CT molecular complexity index is 559. The SMILES string of the molecule is Cc1cc(Br)cc2c3c([nH]c12)CCC(O)C3. The fourth-order valence-electron chi connectivity index (χ4n) is 2.63. The van der Waals surface area contributed by atoms with E-state index in [0.717, 1.165) is 23.7 Å². The summed E-state index contributed by atoms with van der Waals surface area (Å²) in [6.45, 7) is 2.12. The van der Waals surface area contributed by atoms with Crippen LogP contribution in [-0.4, -0.2) is 16.2 Å². The Labute approximate surface area is 103 Å². The lowest BCUT2D eigenvalue weighted by Crippen LogP contribution is -2.17. The lowest BCUT2D eigenvalue weighted by molar-refractivity contribution is 0.158. The van der Waals surface area contributed by atoms with Crippen molar-refractivity contribution in [2.45, 2.75) is 32.3 Å². The average Bonchev–Trinajstić information content (AvgIpc) is 2.57. The van der Waals surface area contributed by atoms with Gasteiger partial charge >= 0.3 is 0 Å². The van der Waals surface area contributed by atoms with E-state index in [0.29, 0.717) is 0 Å². The van der Waals surface area contributed by atoms with Gasteiger partial charge in [0.05, 0.1) is 6.10 Å². The van der Waals surface area contributed by atoms with Crippen molar-refractivity contribution in [3.63, 3.8) is 0 Å². The van der Waals surface area contributed by atoms with Crippen LogP contribution in [-0.2, 0) is 12.8 Å². The summed E-state index contributed by atoms with van der Waals surface area (Å²) in [6, 6.07) is 4.27. The number of aromatic amines is 1. The van der Waals surface area contributed by atoms with Gasteiger partial charge in [0, 0.05) is 27.5 Å². The van der Waals surface area contributed by atoms with Crippen molar-refractivity contribution >= 4 is 26.8 Å². The van der Waals surface area contributed by atoms with Crippen LogP contribution in [0.4, 0.5) is 0 Å². The van der Waals surface area contributed by atoms with Crippen molar-refractivity contribution < 1.29 is 5.11 Å². The van der Waals surface area contributed by atoms with Crippen LogP contribution in [0, 0.1) is 6.92 Å². The summed E-state index contributed by atoms with van der Waals surface area (Å²) in [4.78, 5) is 3.50. The Balaban J connectivity index is 2.30. The van der Waals surface area contributed by atoms with Crippen LogP contribution in [0.1, 0.15) is 23.2 Å². The molecule has 3 rings (SSSR count). The molecule has 0 saturated heterocycles. The Morgan fingerprint density at radius 1 is 1.44 bits per heavy atom. The number of hydrogen-bond acceptors (Lipinski definition) is 1. The second-order valence-electron chi connectivity index (χ2n) is 4.62. The van der Waals surface area contributed by atoms with Crippen molar-refractivity contribution in [2.24, 2.45) is 0 Å². The summed E-state index contributed by atoms with van der Waals surface area (Å²) in [6.07, 6.45) is 2.44. The van der Waals surface area contributed by atoms with Gasteiger partial charge in [-0.05, 0) is 43.0 Å². The van der Waals surface area contributed by atoms with Gasteiger partial charge in [-0.25, -0.2) is 0 Å². The van der Waals surface area contributed by atoms with Crippen molar-refractivity contribution in [3.05, 3.63) is 33.4 Å². The number of aliphatic hydroxyl groups is 1. The van der Waals surface area contributed by atoms with Crippen LogP contribution in [0.2, 0.25) is 0 Å². The van der Waals surface area contributed by atoms with Crippen LogP contribution >= 0.6 is 15.9 Å². The Morgan fingerprint density at radius 2 is 2.25 bits per heavy atom. The van der Waals surface area contributed by atoms with E-state index in [2.05, 4.69) is 40.0 Å². The first-order valence-electron chi connectivity index (χ1n) is 5.63. The zero-order valence-electron chi connectivity index (χ0n) is 9.18. The largest absolute Gasteiger partial charge is 0.393 e. The smallest absolute Gasteiger partial charge is 0.0585 e. The highest BCUT2D eigenvalue weighted by Gasteiger charge is 2.21. The van der Waals surface area contributed by atoms with Gasteiger partial charge in [0.2, 0.25) is 0 Å². The number of benzene rings is 1. The summed E-state index contributed by atoms with van der Waals surface area (Å²) in [5, 5.41) is 11.0. The van der Waals surface area contributed by atoms with Crippen molar-refractivity contribution in [2.75, 3.05) is 0 Å². The molecule has 1 aliphatic rings. The van der Waals surface area contributed by atoms with Gasteiger partial charge in [0.1, 0.15) is 0 Å². The van der Waals surface area contributed by atoms with Crippen LogP contribution in [0.25, 0.3) is 10.9 Å². The van der Waals surface area contributed by atoms with Gasteiger partial charge in [-0.15, -0.1) is 0 Å². The fourth-order valence-corrected chi connectivity index (χ4v) is 3.20. The van der Waals surface area contributed by atoms with Gasteiger partial charge in [0.25, 0.3) is 0 Å². The number of halogens is 1. The maximum Gasteiger partial charge on any atom is 0.0585 e. The molecule has 3 heteroatoms. The third-order valence-corrected chi connectivity index (χ3v) is 3.89. The van der Waals surface area contributed by atoms with E-state index in [1.807, 2.05) is 0 Å². The minimum absolute atomic E-state index is 0.175. The number of rotatable bonds is 0. The van der Waals surface area contributed by atoms with Gasteiger partial charge in [0.15, 0.2) is 0 Å². The number of nitrogens with one attached hydrogen (secondary N) is 1. The van der Waals surface area contributed by atoms with Gasteiger partial charge in [-0.2, -0.15) is 0 Å². The second-order valence-corrected chi connectivity index (χ2v) is 5.54. The molecule has 0 saturated carbocycles. The molecule has 0 spiro atoms. The highest BCUT2D eigenvalue weighted by Crippen LogP contribution is 2.32. The zero-order chi connectivity index (χ0) is 11.3. The van der Waals surface area contributed by atoms with Crippen molar-refractivity contribution in [1.82, 2.24) is 4.98 Å². The molecule has 1 aromatic heterocycles. The number of hydrogen-bond donors (Lipinski definition) is 2. The molecular weight excluding hydrogens is 266 g/mol. The number of aliphatic hydroxyl groups excluding tert-OH is 1. The third-order valence-electron chi connectivity index (χ3n) is 3.43. The minimum Gasteiger partial charge on any atom is -0.393 e. The lowest BCUT2D eigenvalue weighted by Gasteiger charge is -2.17. The lowest BCUT2D eigenvalue weighted by atomic mass is 9.93. The molecule has 1 unspecified atom stereocenters. The summed E-state index contributed by atoms with van der Waals surface area (Å²) in [5.74, 6) is 0. The van der Waals surface area contributed by atoms with Crippen LogP contribution in [0.15, 0.2) is 16.6 Å². The summed E-state index contributed by atoms with van der Waals surface area (Å²) >= 11 is 3.53. The van der Waals surface area contributed by atoms with Gasteiger partial charge < -0.3 is 10.1 Å². The van der Waals surface area contributed by atoms with Crippen LogP contribution in [0.5, 0.6) is 0 Å². The summed E-state index contributed by atoms with van der Waals surface area (Å²) in [5.41, 5.74) is 5.09. The predicted octanol–water partition coefficient (Wildman–Crippen LogP) is 3.09. The van der Waals surface area contributed by atoms with E-state index in [-0.39, 0.29) is 6.10 Å². The molecule has 1 atom stereocenters. The van der Waals surface area contributed by atoms with E-state index >= 15 is 0 Å². The highest BCUT2D eigenvalue weighted by molar-refractivity contribution is 9.10. The molecule has 0 aliphatic heterocycles. The third kappa shape index (κ3) is 1.50. The predicted molar refractivity (Wildman–Crippen MR) is 68.8 cm³/mol. The number of H-pyrrole nitrogens is 1. The van der Waals surface area contributed by atoms with Gasteiger partial charge in [-0.3, -0.25) is 0 Å². The normalized spacial score (nSPS) is 20.1. The first-order chi connectivity index (χ1) is 7.65. The monoisotopic (exact) mass is 279 g/mol. The topological polar surface area (TPSA) is 36.0 Å². The molecule has 2 nitrogen and oxygen atoms in total. The number of fused-ring (bicyclic) bond motifs is 3. The molecule has 0 fully saturated rings. The molecule has 2 N–H and O–H groups in total. The van der Waals surface area contributed by atoms with Gasteiger partial charge in [-0.1, -0.05) is 15.9 Å². The molecular formula is C13H14BrNO. The van der Waals surface area contributed by atoms with E-state index < -0.39 is 0 Å². The molecule has 0 radical (unpaired) electrons. The van der Waals surface area contributed by atoms with E-state index in [1.54, 1.807) is 0 Å². The van der Waals surface area contributed by atoms with E-state index in [4.69, 9.17) is 0 Å². The maximum atomic E-state index is 9.75. The van der Waals surface area contributed by atoms with Crippen LogP contribution < -0.4 is 0 Å².